The lowest BCUT2D eigenvalue weighted by Gasteiger charge is -2.08. The van der Waals surface area contributed by atoms with Gasteiger partial charge in [0.2, 0.25) is 0 Å². The van der Waals surface area contributed by atoms with Crippen molar-refractivity contribution in [2.75, 3.05) is 0 Å². The Morgan fingerprint density at radius 2 is 2.00 bits per heavy atom. The van der Waals surface area contributed by atoms with Crippen molar-refractivity contribution >= 4 is 15.9 Å². The largest absolute Gasteiger partial charge is 0.416 e. The molecule has 0 amide bonds. The molecule has 7 heteroatoms. The van der Waals surface area contributed by atoms with Gasteiger partial charge in [0.15, 0.2) is 0 Å². The van der Waals surface area contributed by atoms with E-state index in [1.165, 1.54) is 12.1 Å². The molecule has 0 bridgehead atoms. The third-order valence-corrected chi connectivity index (χ3v) is 3.37. The number of alkyl halides is 3. The summed E-state index contributed by atoms with van der Waals surface area (Å²) >= 11 is 3.07. The average molecular weight is 321 g/mol. The lowest BCUT2D eigenvalue weighted by atomic mass is 10.2. The molecule has 3 nitrogen and oxygen atoms in total. The molecular weight excluding hydrogens is 313 g/mol. The smallest absolute Gasteiger partial charge is 0.294 e. The molecule has 1 N–H and O–H groups in total. The zero-order chi connectivity index (χ0) is 13.5. The Balaban J connectivity index is 2.59. The summed E-state index contributed by atoms with van der Waals surface area (Å²) in [5.74, 6) is 0. The van der Waals surface area contributed by atoms with Gasteiger partial charge in [-0.15, -0.1) is 0 Å². The molecule has 18 heavy (non-hydrogen) atoms. The second kappa shape index (κ2) is 4.31. The number of nitrogens with one attached hydrogen (secondary N) is 1. The summed E-state index contributed by atoms with van der Waals surface area (Å²) < 4.78 is 39.1. The fourth-order valence-corrected chi connectivity index (χ4v) is 1.80. The van der Waals surface area contributed by atoms with Crippen LogP contribution in [-0.4, -0.2) is 9.78 Å². The molecule has 96 valence electrons. The van der Waals surface area contributed by atoms with Crippen molar-refractivity contribution in [3.8, 4) is 5.69 Å². The second-order valence-corrected chi connectivity index (χ2v) is 4.53. The van der Waals surface area contributed by atoms with Gasteiger partial charge in [-0.1, -0.05) is 6.07 Å². The molecule has 0 unspecified atom stereocenters. The number of aromatic nitrogens is 2. The van der Waals surface area contributed by atoms with Crippen molar-refractivity contribution < 1.29 is 13.2 Å². The highest BCUT2D eigenvalue weighted by molar-refractivity contribution is 9.10. The minimum absolute atomic E-state index is 0.142. The Bertz CT molecular complexity index is 642. The van der Waals surface area contributed by atoms with Gasteiger partial charge in [-0.2, -0.15) is 13.2 Å². The highest BCUT2D eigenvalue weighted by Crippen LogP contribution is 2.30. The van der Waals surface area contributed by atoms with Gasteiger partial charge >= 0.3 is 6.18 Å². The molecule has 0 saturated heterocycles. The lowest BCUT2D eigenvalue weighted by Crippen LogP contribution is -2.15. The van der Waals surface area contributed by atoms with Crippen LogP contribution in [0.25, 0.3) is 5.69 Å². The number of aromatic amines is 1. The molecule has 0 aliphatic rings. The van der Waals surface area contributed by atoms with Crippen LogP contribution >= 0.6 is 15.9 Å². The number of nitrogens with zero attached hydrogens (tertiary/aromatic N) is 1. The minimum Gasteiger partial charge on any atom is -0.294 e. The topological polar surface area (TPSA) is 37.8 Å². The van der Waals surface area contributed by atoms with Gasteiger partial charge in [0.1, 0.15) is 4.47 Å². The average Bonchev–Trinajstić information content (AvgIpc) is 2.56. The molecule has 1 aromatic heterocycles. The molecule has 0 aliphatic heterocycles. The first-order valence-electron chi connectivity index (χ1n) is 4.95. The summed E-state index contributed by atoms with van der Waals surface area (Å²) in [5.41, 5.74) is -0.525. The van der Waals surface area contributed by atoms with E-state index in [4.69, 9.17) is 0 Å². The first kappa shape index (κ1) is 12.9. The molecule has 0 aliphatic carbocycles. The number of halogens is 4. The zero-order valence-corrected chi connectivity index (χ0v) is 10.8. The number of H-pyrrole nitrogens is 1. The fraction of sp³-hybridized carbons (Fsp3) is 0.182. The van der Waals surface area contributed by atoms with E-state index in [2.05, 4.69) is 21.0 Å². The molecule has 2 rings (SSSR count). The molecule has 2 aromatic rings. The molecule has 1 heterocycles. The monoisotopic (exact) mass is 320 g/mol. The van der Waals surface area contributed by atoms with Gasteiger partial charge in [-0.3, -0.25) is 9.89 Å². The predicted molar refractivity (Wildman–Crippen MR) is 63.8 cm³/mol. The summed E-state index contributed by atoms with van der Waals surface area (Å²) in [6, 6.07) is 4.57. The normalized spacial score (nSPS) is 11.8. The van der Waals surface area contributed by atoms with E-state index in [9.17, 15) is 18.0 Å². The van der Waals surface area contributed by atoms with Gasteiger partial charge in [0.25, 0.3) is 5.56 Å². The Kier molecular flexibility index (Phi) is 3.10. The van der Waals surface area contributed by atoms with E-state index in [0.717, 1.165) is 16.8 Å². The van der Waals surface area contributed by atoms with E-state index in [-0.39, 0.29) is 5.69 Å². The van der Waals surface area contributed by atoms with E-state index in [0.29, 0.717) is 10.2 Å². The number of rotatable bonds is 1. The summed E-state index contributed by atoms with van der Waals surface area (Å²) in [4.78, 5) is 11.8. The standard InChI is InChI=1S/C11H8BrF3N2O/c1-6-9(12)10(18)17(16-6)8-4-2-3-7(5-8)11(13,14)15/h2-5,16H,1H3. The molecule has 0 saturated carbocycles. The lowest BCUT2D eigenvalue weighted by molar-refractivity contribution is -0.137. The predicted octanol–water partition coefficient (Wildman–Crippen LogP) is 3.26. The van der Waals surface area contributed by atoms with Crippen LogP contribution in [-0.2, 0) is 6.18 Å². The quantitative estimate of drug-likeness (QED) is 0.860. The molecule has 0 atom stereocenters. The van der Waals surface area contributed by atoms with Crippen molar-refractivity contribution in [3.05, 3.63) is 50.3 Å². The van der Waals surface area contributed by atoms with E-state index in [1.54, 1.807) is 6.92 Å². The summed E-state index contributed by atoms with van der Waals surface area (Å²) in [7, 11) is 0. The van der Waals surface area contributed by atoms with Crippen molar-refractivity contribution in [2.24, 2.45) is 0 Å². The van der Waals surface area contributed by atoms with Crippen LogP contribution in [0.3, 0.4) is 0 Å². The third-order valence-electron chi connectivity index (χ3n) is 2.43. The molecular formula is C11H8BrF3N2O. The Morgan fingerprint density at radius 3 is 2.50 bits per heavy atom. The van der Waals surface area contributed by atoms with E-state index < -0.39 is 17.3 Å². The number of benzene rings is 1. The van der Waals surface area contributed by atoms with Crippen molar-refractivity contribution in [3.63, 3.8) is 0 Å². The highest BCUT2D eigenvalue weighted by atomic mass is 79.9. The Morgan fingerprint density at radius 1 is 1.33 bits per heavy atom. The van der Waals surface area contributed by atoms with Crippen molar-refractivity contribution in [1.82, 2.24) is 9.78 Å². The van der Waals surface area contributed by atoms with Gasteiger partial charge in [0.05, 0.1) is 11.3 Å². The third kappa shape index (κ3) is 2.22. The Labute approximate surface area is 108 Å². The van der Waals surface area contributed by atoms with Crippen LogP contribution in [0.4, 0.5) is 13.2 Å². The van der Waals surface area contributed by atoms with Gasteiger partial charge in [-0.05, 0) is 41.1 Å². The van der Waals surface area contributed by atoms with Crippen LogP contribution in [0, 0.1) is 6.92 Å². The SMILES string of the molecule is Cc1[nH]n(-c2cccc(C(F)(F)F)c2)c(=O)c1Br. The van der Waals surface area contributed by atoms with Crippen molar-refractivity contribution in [1.29, 1.82) is 0 Å². The number of hydrogen-bond donors (Lipinski definition) is 1. The molecule has 0 fully saturated rings. The van der Waals surface area contributed by atoms with Crippen LogP contribution in [0.1, 0.15) is 11.3 Å². The van der Waals surface area contributed by atoms with Crippen LogP contribution in [0.15, 0.2) is 33.5 Å². The minimum atomic E-state index is -4.43. The maximum atomic E-state index is 12.6. The first-order chi connectivity index (χ1) is 8.30. The van der Waals surface area contributed by atoms with Gasteiger partial charge < -0.3 is 0 Å². The highest BCUT2D eigenvalue weighted by Gasteiger charge is 2.30. The first-order valence-corrected chi connectivity index (χ1v) is 5.75. The zero-order valence-electron chi connectivity index (χ0n) is 9.18. The molecule has 1 aromatic carbocycles. The van der Waals surface area contributed by atoms with Crippen LogP contribution < -0.4 is 5.56 Å². The summed E-state index contributed by atoms with van der Waals surface area (Å²) in [5, 5.41) is 2.70. The molecule has 0 spiro atoms. The molecule has 0 radical (unpaired) electrons. The van der Waals surface area contributed by atoms with Crippen LogP contribution in [0.2, 0.25) is 0 Å². The van der Waals surface area contributed by atoms with E-state index in [1.807, 2.05) is 0 Å². The summed E-state index contributed by atoms with van der Waals surface area (Å²) in [6.45, 7) is 1.65. The summed E-state index contributed by atoms with van der Waals surface area (Å²) in [6.07, 6.45) is -4.43. The number of hydrogen-bond acceptors (Lipinski definition) is 1. The maximum absolute atomic E-state index is 12.6. The van der Waals surface area contributed by atoms with Gasteiger partial charge in [0, 0.05) is 5.69 Å². The number of aryl methyl sites for hydroxylation is 1. The van der Waals surface area contributed by atoms with Gasteiger partial charge in [-0.25, -0.2) is 4.68 Å². The van der Waals surface area contributed by atoms with Crippen molar-refractivity contribution in [2.45, 2.75) is 13.1 Å². The maximum Gasteiger partial charge on any atom is 0.416 e. The fourth-order valence-electron chi connectivity index (χ4n) is 1.53. The Hall–Kier alpha value is -1.50. The second-order valence-electron chi connectivity index (χ2n) is 3.74. The van der Waals surface area contributed by atoms with E-state index >= 15 is 0 Å². The van der Waals surface area contributed by atoms with Crippen LogP contribution in [0.5, 0.6) is 0 Å².